The molecule has 2 aliphatic rings. The number of carboxylic acids is 1. The topological polar surface area (TPSA) is 71.9 Å². The molecule has 218 valence electrons. The summed E-state index contributed by atoms with van der Waals surface area (Å²) in [7, 11) is 3.60. The average Bonchev–Trinajstić information content (AvgIpc) is 3.78. The minimum absolute atomic E-state index is 0.00662. The molecule has 0 bridgehead atoms. The number of aryl methyl sites for hydroxylation is 1. The highest BCUT2D eigenvalue weighted by Gasteiger charge is 2.39. The molecule has 0 spiro atoms. The van der Waals surface area contributed by atoms with Crippen molar-refractivity contribution in [3.8, 4) is 22.8 Å². The molecule has 3 aromatic rings. The summed E-state index contributed by atoms with van der Waals surface area (Å²) in [6, 6.07) is 14.1. The van der Waals surface area contributed by atoms with Crippen LogP contribution < -0.4 is 9.47 Å². The normalized spacial score (nSPS) is 18.4. The Labute approximate surface area is 242 Å². The van der Waals surface area contributed by atoms with Crippen LogP contribution in [0.1, 0.15) is 81.2 Å². The van der Waals surface area contributed by atoms with Gasteiger partial charge in [-0.1, -0.05) is 37.3 Å². The van der Waals surface area contributed by atoms with E-state index in [1.807, 2.05) is 19.1 Å². The molecule has 1 fully saturated rings. The number of fused-ring (bicyclic) bond motifs is 1. The maximum atomic E-state index is 15.0. The number of hydrogen-bond donors (Lipinski definition) is 1. The largest absolute Gasteiger partial charge is 0.485 e. The fraction of sp³-hybridized carbons (Fsp3) is 0.471. The summed E-state index contributed by atoms with van der Waals surface area (Å²) >= 11 is 0. The van der Waals surface area contributed by atoms with Crippen LogP contribution in [0, 0.1) is 17.7 Å². The number of nitrogens with zero attached hydrogens (tertiary/aromatic N) is 2. The Balaban J connectivity index is 1.48. The molecule has 7 heteroatoms. The Bertz CT molecular complexity index is 1430. The third-order valence-electron chi connectivity index (χ3n) is 8.86. The number of hydrogen-bond acceptors (Lipinski definition) is 5. The molecule has 5 rings (SSSR count). The van der Waals surface area contributed by atoms with Crippen molar-refractivity contribution < 1.29 is 23.8 Å². The summed E-state index contributed by atoms with van der Waals surface area (Å²) in [5, 5.41) is 9.74. The summed E-state index contributed by atoms with van der Waals surface area (Å²) in [6.07, 6.45) is 4.90. The highest BCUT2D eigenvalue weighted by atomic mass is 19.1. The second-order valence-electron chi connectivity index (χ2n) is 12.7. The number of ether oxygens (including phenoxy) is 2. The van der Waals surface area contributed by atoms with Gasteiger partial charge in [0.25, 0.3) is 0 Å². The molecule has 2 aromatic carbocycles. The van der Waals surface area contributed by atoms with E-state index in [2.05, 4.69) is 62.0 Å². The van der Waals surface area contributed by atoms with E-state index in [0.29, 0.717) is 23.9 Å². The molecular weight excluding hydrogens is 519 g/mol. The predicted octanol–water partition coefficient (Wildman–Crippen LogP) is 7.41. The van der Waals surface area contributed by atoms with E-state index in [4.69, 9.17) is 9.47 Å². The summed E-state index contributed by atoms with van der Waals surface area (Å²) in [6.45, 7) is 8.91. The lowest BCUT2D eigenvalue weighted by Gasteiger charge is -2.33. The van der Waals surface area contributed by atoms with E-state index in [1.54, 1.807) is 6.07 Å². The van der Waals surface area contributed by atoms with Crippen molar-refractivity contribution in [2.45, 2.75) is 77.5 Å². The van der Waals surface area contributed by atoms with Gasteiger partial charge in [0.2, 0.25) is 5.88 Å². The Morgan fingerprint density at radius 1 is 1.15 bits per heavy atom. The first-order valence-corrected chi connectivity index (χ1v) is 14.5. The summed E-state index contributed by atoms with van der Waals surface area (Å²) < 4.78 is 26.9. The van der Waals surface area contributed by atoms with Crippen molar-refractivity contribution >= 4 is 5.97 Å². The van der Waals surface area contributed by atoms with E-state index >= 15 is 4.39 Å². The smallest absolute Gasteiger partial charge is 0.306 e. The highest BCUT2D eigenvalue weighted by molar-refractivity contribution is 5.71. The molecule has 1 saturated carbocycles. The number of carbonyl (C=O) groups is 1. The van der Waals surface area contributed by atoms with Gasteiger partial charge in [-0.05, 0) is 99.2 Å². The maximum absolute atomic E-state index is 15.0. The van der Waals surface area contributed by atoms with E-state index in [9.17, 15) is 9.90 Å². The van der Waals surface area contributed by atoms with Crippen LogP contribution >= 0.6 is 0 Å². The van der Waals surface area contributed by atoms with Crippen molar-refractivity contribution in [1.82, 2.24) is 9.88 Å². The van der Waals surface area contributed by atoms with Crippen LogP contribution in [0.15, 0.2) is 48.7 Å². The van der Waals surface area contributed by atoms with Gasteiger partial charge in [0.1, 0.15) is 17.7 Å². The Morgan fingerprint density at radius 2 is 1.90 bits per heavy atom. The minimum atomic E-state index is -0.755. The molecule has 1 unspecified atom stereocenters. The molecule has 0 amide bonds. The van der Waals surface area contributed by atoms with Gasteiger partial charge in [-0.3, -0.25) is 9.69 Å². The maximum Gasteiger partial charge on any atom is 0.306 e. The first-order chi connectivity index (χ1) is 19.5. The van der Waals surface area contributed by atoms with Crippen LogP contribution in [0.2, 0.25) is 0 Å². The van der Waals surface area contributed by atoms with Crippen LogP contribution in [0.5, 0.6) is 11.6 Å². The average molecular weight is 561 g/mol. The fourth-order valence-electron chi connectivity index (χ4n) is 5.84. The van der Waals surface area contributed by atoms with Gasteiger partial charge in [-0.15, -0.1) is 0 Å². The lowest BCUT2D eigenvalue weighted by molar-refractivity contribution is -0.142. The lowest BCUT2D eigenvalue weighted by Crippen LogP contribution is -2.37. The predicted molar refractivity (Wildman–Crippen MR) is 158 cm³/mol. The second kappa shape index (κ2) is 11.4. The number of halogens is 1. The molecule has 0 radical (unpaired) electrons. The van der Waals surface area contributed by atoms with E-state index in [1.165, 1.54) is 13.3 Å². The number of carboxylic acid groups (broad SMARTS) is 1. The van der Waals surface area contributed by atoms with E-state index in [0.717, 1.165) is 59.3 Å². The van der Waals surface area contributed by atoms with Crippen LogP contribution in [0.25, 0.3) is 11.1 Å². The molecule has 1 N–H and O–H groups in total. The SMILES string of the molecule is COc1cc(-c2ccc(C3CCc4ccc([C@H](C5CC5)[C@H](C)C(=O)O)cc4O3)cc2CN(C)C(C)(C)C)c(F)cn1. The first-order valence-electron chi connectivity index (χ1n) is 14.5. The first kappa shape index (κ1) is 29.1. The Morgan fingerprint density at radius 3 is 2.56 bits per heavy atom. The summed E-state index contributed by atoms with van der Waals surface area (Å²) in [5.74, 6) is 0.0224. The number of aromatic nitrogens is 1. The van der Waals surface area contributed by atoms with Crippen molar-refractivity contribution in [3.63, 3.8) is 0 Å². The number of rotatable bonds is 9. The number of aliphatic carboxylic acids is 1. The molecule has 0 saturated heterocycles. The molecule has 1 aromatic heterocycles. The fourth-order valence-corrected chi connectivity index (χ4v) is 5.84. The Hall–Kier alpha value is -3.45. The van der Waals surface area contributed by atoms with Crippen LogP contribution in [-0.2, 0) is 17.8 Å². The molecule has 41 heavy (non-hydrogen) atoms. The number of pyridine rings is 1. The van der Waals surface area contributed by atoms with Crippen LogP contribution in [0.3, 0.4) is 0 Å². The standard InChI is InChI=1S/C34H41FN2O4/c1-20(33(38)39)32(22-8-9-22)24-10-7-21-12-14-29(41-30(21)16-24)23-11-13-26(25(15-23)19-37(5)34(2,3)4)27-17-31(40-6)36-18-28(27)35/h7,10-11,13,15-18,20,22,29,32H,8-9,12,14,19H2,1-6H3,(H,38,39)/t20-,29?,32-/m0/s1. The van der Waals surface area contributed by atoms with Gasteiger partial charge in [0.15, 0.2) is 0 Å². The third-order valence-corrected chi connectivity index (χ3v) is 8.86. The third kappa shape index (κ3) is 6.25. The molecule has 1 aliphatic carbocycles. The summed E-state index contributed by atoms with van der Waals surface area (Å²) in [4.78, 5) is 18.1. The quantitative estimate of drug-likeness (QED) is 0.294. The zero-order valence-corrected chi connectivity index (χ0v) is 24.9. The number of benzene rings is 2. The van der Waals surface area contributed by atoms with Gasteiger partial charge < -0.3 is 14.6 Å². The van der Waals surface area contributed by atoms with Crippen molar-refractivity contribution in [2.24, 2.45) is 11.8 Å². The monoisotopic (exact) mass is 560 g/mol. The second-order valence-corrected chi connectivity index (χ2v) is 12.7. The van der Waals surface area contributed by atoms with Crippen molar-refractivity contribution in [1.29, 1.82) is 0 Å². The molecular formula is C34H41FN2O4. The van der Waals surface area contributed by atoms with Gasteiger partial charge in [0, 0.05) is 23.7 Å². The zero-order chi connectivity index (χ0) is 29.5. The lowest BCUT2D eigenvalue weighted by atomic mass is 9.82. The van der Waals surface area contributed by atoms with Crippen LogP contribution in [0.4, 0.5) is 4.39 Å². The molecule has 1 aliphatic heterocycles. The zero-order valence-electron chi connectivity index (χ0n) is 24.9. The molecule has 2 heterocycles. The van der Waals surface area contributed by atoms with E-state index in [-0.39, 0.29) is 17.6 Å². The minimum Gasteiger partial charge on any atom is -0.485 e. The number of methoxy groups -OCH3 is 1. The van der Waals surface area contributed by atoms with Gasteiger partial charge in [-0.2, -0.15) is 0 Å². The van der Waals surface area contributed by atoms with Gasteiger partial charge >= 0.3 is 5.97 Å². The van der Waals surface area contributed by atoms with Crippen molar-refractivity contribution in [2.75, 3.05) is 14.2 Å². The van der Waals surface area contributed by atoms with E-state index < -0.39 is 17.7 Å². The Kier molecular flexibility index (Phi) is 8.11. The molecule has 6 nitrogen and oxygen atoms in total. The van der Waals surface area contributed by atoms with Crippen LogP contribution in [-0.4, -0.2) is 40.7 Å². The van der Waals surface area contributed by atoms with Gasteiger partial charge in [-0.25, -0.2) is 9.37 Å². The van der Waals surface area contributed by atoms with Crippen molar-refractivity contribution in [3.05, 3.63) is 76.7 Å². The molecule has 3 atom stereocenters. The van der Waals surface area contributed by atoms with Gasteiger partial charge in [0.05, 0.1) is 19.2 Å². The highest BCUT2D eigenvalue weighted by Crippen LogP contribution is 2.48. The summed E-state index contributed by atoms with van der Waals surface area (Å²) in [5.41, 5.74) is 5.42.